The molecule has 0 bridgehead atoms. The Hall–Kier alpha value is -0.610. The molecular weight excluding hydrogens is 360 g/mol. The highest BCUT2D eigenvalue weighted by atomic mass is 16.4. The Morgan fingerprint density at radius 3 is 1.55 bits per heavy atom. The topological polar surface area (TPSA) is 66.1 Å². The van der Waals surface area contributed by atoms with E-state index in [2.05, 4.69) is 34.9 Å². The molecule has 0 heterocycles. The van der Waals surface area contributed by atoms with Crippen LogP contribution in [-0.4, -0.2) is 44.2 Å². The van der Waals surface area contributed by atoms with Crippen molar-refractivity contribution < 1.29 is 14.4 Å². The third kappa shape index (κ3) is 29.7. The summed E-state index contributed by atoms with van der Waals surface area (Å²) in [5.41, 5.74) is 5.38. The first kappa shape index (κ1) is 30.6. The molecular formula is C25H54N2O2. The highest BCUT2D eigenvalue weighted by Crippen LogP contribution is 2.14. The van der Waals surface area contributed by atoms with E-state index in [0.717, 1.165) is 36.2 Å². The van der Waals surface area contributed by atoms with E-state index in [1.807, 2.05) is 0 Å². The number of carbonyl (C=O) groups excluding carboxylic acids is 1. The van der Waals surface area contributed by atoms with Gasteiger partial charge in [-0.05, 0) is 32.2 Å². The zero-order valence-electron chi connectivity index (χ0n) is 20.6. The van der Waals surface area contributed by atoms with E-state index in [4.69, 9.17) is 5.73 Å². The summed E-state index contributed by atoms with van der Waals surface area (Å²) in [6.45, 7) is 10.0. The van der Waals surface area contributed by atoms with Crippen LogP contribution in [0.1, 0.15) is 117 Å². The molecule has 0 amide bonds. The minimum Gasteiger partial charge on any atom is -0.550 e. The molecule has 0 aromatic carbocycles. The van der Waals surface area contributed by atoms with Crippen molar-refractivity contribution in [2.75, 3.05) is 33.7 Å². The molecule has 0 spiro atoms. The van der Waals surface area contributed by atoms with Gasteiger partial charge < -0.3 is 20.1 Å². The van der Waals surface area contributed by atoms with Gasteiger partial charge >= 0.3 is 0 Å². The van der Waals surface area contributed by atoms with E-state index in [1.54, 1.807) is 0 Å². The molecule has 0 saturated heterocycles. The van der Waals surface area contributed by atoms with Gasteiger partial charge in [-0.2, -0.15) is 0 Å². The summed E-state index contributed by atoms with van der Waals surface area (Å²) in [5, 5.41) is 10.2. The maximum atomic E-state index is 10.2. The number of nitrogens with two attached hydrogens (primary N) is 1. The van der Waals surface area contributed by atoms with E-state index in [9.17, 15) is 9.90 Å². The maximum Gasteiger partial charge on any atom is 0.0794 e. The molecule has 0 atom stereocenters. The van der Waals surface area contributed by atoms with Crippen LogP contribution in [0.2, 0.25) is 0 Å². The fourth-order valence-corrected chi connectivity index (χ4v) is 3.27. The Morgan fingerprint density at radius 1 is 0.793 bits per heavy atom. The Kier molecular flexibility index (Phi) is 23.3. The van der Waals surface area contributed by atoms with Gasteiger partial charge in [-0.15, -0.1) is 0 Å². The zero-order valence-corrected chi connectivity index (χ0v) is 20.6. The SMILES string of the molecule is CC(C)CCCCCCCCCCCCCCC(=O)[O-].CC[N+](C)(C)CCCN. The van der Waals surface area contributed by atoms with Crippen LogP contribution in [0.4, 0.5) is 0 Å². The zero-order chi connectivity index (χ0) is 22.4. The highest BCUT2D eigenvalue weighted by Gasteiger charge is 2.08. The lowest BCUT2D eigenvalue weighted by Crippen LogP contribution is -2.40. The molecule has 0 unspecified atom stereocenters. The van der Waals surface area contributed by atoms with E-state index in [1.165, 1.54) is 83.7 Å². The maximum absolute atomic E-state index is 10.2. The first-order valence-corrected chi connectivity index (χ1v) is 12.5. The summed E-state index contributed by atoms with van der Waals surface area (Å²) >= 11 is 0. The number of hydrogen-bond acceptors (Lipinski definition) is 3. The van der Waals surface area contributed by atoms with Crippen LogP contribution in [0.15, 0.2) is 0 Å². The smallest absolute Gasteiger partial charge is 0.0794 e. The van der Waals surface area contributed by atoms with Gasteiger partial charge in [-0.25, -0.2) is 0 Å². The number of carbonyl (C=O) groups is 1. The number of rotatable bonds is 19. The van der Waals surface area contributed by atoms with Crippen LogP contribution >= 0.6 is 0 Å². The van der Waals surface area contributed by atoms with Crippen molar-refractivity contribution in [2.45, 2.75) is 117 Å². The number of carboxylic acid groups (broad SMARTS) is 1. The number of aliphatic carboxylic acids is 1. The van der Waals surface area contributed by atoms with Gasteiger partial charge in [-0.1, -0.05) is 90.9 Å². The summed E-state index contributed by atoms with van der Waals surface area (Å²) < 4.78 is 1.09. The van der Waals surface area contributed by atoms with Gasteiger partial charge in [0.1, 0.15) is 0 Å². The largest absolute Gasteiger partial charge is 0.550 e. The van der Waals surface area contributed by atoms with Crippen LogP contribution in [0.25, 0.3) is 0 Å². The second-order valence-corrected chi connectivity index (χ2v) is 9.66. The normalized spacial score (nSPS) is 11.4. The third-order valence-electron chi connectivity index (χ3n) is 5.74. The van der Waals surface area contributed by atoms with E-state index < -0.39 is 5.97 Å². The minimum absolute atomic E-state index is 0.233. The second-order valence-electron chi connectivity index (χ2n) is 9.66. The summed E-state index contributed by atoms with van der Waals surface area (Å²) in [7, 11) is 4.46. The molecule has 0 aliphatic heterocycles. The van der Waals surface area contributed by atoms with Crippen LogP contribution in [0.5, 0.6) is 0 Å². The van der Waals surface area contributed by atoms with Crippen LogP contribution in [0.3, 0.4) is 0 Å². The summed E-state index contributed by atoms with van der Waals surface area (Å²) in [4.78, 5) is 10.2. The molecule has 0 radical (unpaired) electrons. The van der Waals surface area contributed by atoms with Crippen LogP contribution < -0.4 is 10.8 Å². The Bertz CT molecular complexity index is 344. The van der Waals surface area contributed by atoms with Gasteiger partial charge in [-0.3, -0.25) is 0 Å². The first-order valence-electron chi connectivity index (χ1n) is 12.5. The molecule has 0 aromatic heterocycles. The van der Waals surface area contributed by atoms with Gasteiger partial charge in [0, 0.05) is 12.4 Å². The fraction of sp³-hybridized carbons (Fsp3) is 0.960. The molecule has 176 valence electrons. The number of unbranched alkanes of at least 4 members (excludes halogenated alkanes) is 11. The van der Waals surface area contributed by atoms with E-state index in [-0.39, 0.29) is 6.42 Å². The van der Waals surface area contributed by atoms with Gasteiger partial charge in [0.2, 0.25) is 0 Å². The number of carboxylic acids is 1. The molecule has 0 rings (SSSR count). The van der Waals surface area contributed by atoms with Crippen molar-refractivity contribution in [1.82, 2.24) is 0 Å². The van der Waals surface area contributed by atoms with Crippen LogP contribution in [-0.2, 0) is 4.79 Å². The molecule has 4 nitrogen and oxygen atoms in total. The standard InChI is InChI=1S/C18H36O2.C7H19N2/c1-17(2)15-13-11-9-7-5-3-4-6-8-10-12-14-16-18(19)20;1-4-9(2,3)7-5-6-8/h17H,3-16H2,1-2H3,(H,19,20);4-8H2,1-3H3/q;+1/p-1. The van der Waals surface area contributed by atoms with Crippen LogP contribution in [0, 0.1) is 5.92 Å². The lowest BCUT2D eigenvalue weighted by atomic mass is 10.0. The first-order chi connectivity index (χ1) is 13.7. The van der Waals surface area contributed by atoms with Crippen molar-refractivity contribution in [3.8, 4) is 0 Å². The van der Waals surface area contributed by atoms with Crippen molar-refractivity contribution in [3.05, 3.63) is 0 Å². The summed E-state index contributed by atoms with van der Waals surface area (Å²) in [6.07, 6.45) is 18.1. The lowest BCUT2D eigenvalue weighted by Gasteiger charge is -2.27. The minimum atomic E-state index is -0.904. The van der Waals surface area contributed by atoms with E-state index >= 15 is 0 Å². The lowest BCUT2D eigenvalue weighted by molar-refractivity contribution is -0.888. The molecule has 0 fully saturated rings. The fourth-order valence-electron chi connectivity index (χ4n) is 3.27. The second kappa shape index (κ2) is 22.1. The number of quaternary nitrogens is 1. The van der Waals surface area contributed by atoms with Gasteiger partial charge in [0.15, 0.2) is 0 Å². The molecule has 0 saturated carbocycles. The molecule has 0 aliphatic carbocycles. The predicted octanol–water partition coefficient (Wildman–Crippen LogP) is 5.29. The third-order valence-corrected chi connectivity index (χ3v) is 5.74. The highest BCUT2D eigenvalue weighted by molar-refractivity contribution is 5.63. The average Bonchev–Trinajstić information content (AvgIpc) is 2.66. The molecule has 4 heteroatoms. The Balaban J connectivity index is 0. The van der Waals surface area contributed by atoms with Crippen molar-refractivity contribution in [3.63, 3.8) is 0 Å². The van der Waals surface area contributed by atoms with E-state index in [0.29, 0.717) is 0 Å². The predicted molar refractivity (Wildman–Crippen MR) is 126 cm³/mol. The molecule has 0 aromatic rings. The molecule has 29 heavy (non-hydrogen) atoms. The van der Waals surface area contributed by atoms with Crippen molar-refractivity contribution in [1.29, 1.82) is 0 Å². The molecule has 2 N–H and O–H groups in total. The van der Waals surface area contributed by atoms with Gasteiger partial charge in [0.25, 0.3) is 0 Å². The average molecular weight is 415 g/mol. The quantitative estimate of drug-likeness (QED) is 0.231. The monoisotopic (exact) mass is 414 g/mol. The number of hydrogen-bond donors (Lipinski definition) is 1. The molecule has 0 aliphatic rings. The summed E-state index contributed by atoms with van der Waals surface area (Å²) in [6, 6.07) is 0. The van der Waals surface area contributed by atoms with Gasteiger partial charge in [0.05, 0.1) is 27.2 Å². The Morgan fingerprint density at radius 2 is 1.21 bits per heavy atom. The number of nitrogens with zero attached hydrogens (tertiary/aromatic N) is 1. The van der Waals surface area contributed by atoms with Crippen molar-refractivity contribution in [2.24, 2.45) is 11.7 Å². The summed E-state index contributed by atoms with van der Waals surface area (Å²) in [5.74, 6) is -0.0415. The Labute approximate surface area is 183 Å². The van der Waals surface area contributed by atoms with Crippen molar-refractivity contribution >= 4 is 5.97 Å².